The van der Waals surface area contributed by atoms with E-state index in [-0.39, 0.29) is 5.91 Å². The molecule has 1 aromatic carbocycles. The summed E-state index contributed by atoms with van der Waals surface area (Å²) < 4.78 is 0. The topological polar surface area (TPSA) is 55.6 Å². The first-order chi connectivity index (χ1) is 7.16. The van der Waals surface area contributed by atoms with Gasteiger partial charge in [0.15, 0.2) is 0 Å². The maximum absolute atomic E-state index is 11.8. The molecule has 0 atom stereocenters. The smallest absolute Gasteiger partial charge is 0.255 e. The number of rotatable bonds is 4. The van der Waals surface area contributed by atoms with Gasteiger partial charge in [-0.25, -0.2) is 5.90 Å². The maximum Gasteiger partial charge on any atom is 0.255 e. The lowest BCUT2D eigenvalue weighted by Crippen LogP contribution is -2.30. The third-order valence-electron chi connectivity index (χ3n) is 2.00. The minimum atomic E-state index is -0.141. The Labute approximate surface area is 93.5 Å². The zero-order valence-corrected chi connectivity index (χ0v) is 9.20. The number of hydrogen-bond acceptors (Lipinski definition) is 3. The molecule has 4 nitrogen and oxygen atoms in total. The lowest BCUT2D eigenvalue weighted by Gasteiger charge is -2.16. The van der Waals surface area contributed by atoms with Crippen molar-refractivity contribution in [3.8, 4) is 0 Å². The highest BCUT2D eigenvalue weighted by molar-refractivity contribution is 6.33. The van der Waals surface area contributed by atoms with Crippen LogP contribution in [0.25, 0.3) is 0 Å². The van der Waals surface area contributed by atoms with Crippen LogP contribution in [0.2, 0.25) is 5.02 Å². The van der Waals surface area contributed by atoms with E-state index in [0.29, 0.717) is 23.7 Å². The molecule has 0 aliphatic rings. The Morgan fingerprint density at radius 1 is 1.53 bits per heavy atom. The average molecular weight is 229 g/mol. The molecule has 0 unspecified atom stereocenters. The Morgan fingerprint density at radius 3 is 2.80 bits per heavy atom. The van der Waals surface area contributed by atoms with Gasteiger partial charge < -0.3 is 9.74 Å². The van der Waals surface area contributed by atoms with Crippen LogP contribution in [-0.4, -0.2) is 31.0 Å². The van der Waals surface area contributed by atoms with Crippen LogP contribution in [0.5, 0.6) is 0 Å². The van der Waals surface area contributed by atoms with E-state index in [2.05, 4.69) is 4.84 Å². The first-order valence-electron chi connectivity index (χ1n) is 4.48. The lowest BCUT2D eigenvalue weighted by molar-refractivity contribution is 0.0697. The van der Waals surface area contributed by atoms with Gasteiger partial charge in [0.1, 0.15) is 0 Å². The second-order valence-electron chi connectivity index (χ2n) is 3.08. The summed E-state index contributed by atoms with van der Waals surface area (Å²) in [6, 6.07) is 6.92. The van der Waals surface area contributed by atoms with Crippen LogP contribution in [0.15, 0.2) is 24.3 Å². The molecule has 15 heavy (non-hydrogen) atoms. The Kier molecular flexibility index (Phi) is 4.55. The summed E-state index contributed by atoms with van der Waals surface area (Å²) in [5, 5.41) is 0.447. The van der Waals surface area contributed by atoms with Crippen molar-refractivity contribution in [1.29, 1.82) is 0 Å². The van der Waals surface area contributed by atoms with Crippen molar-refractivity contribution < 1.29 is 9.63 Å². The van der Waals surface area contributed by atoms with Gasteiger partial charge in [-0.3, -0.25) is 4.79 Å². The molecule has 0 saturated carbocycles. The highest BCUT2D eigenvalue weighted by Crippen LogP contribution is 2.16. The van der Waals surface area contributed by atoms with Gasteiger partial charge in [0.05, 0.1) is 17.2 Å². The van der Waals surface area contributed by atoms with Crippen LogP contribution in [0.4, 0.5) is 0 Å². The van der Waals surface area contributed by atoms with Crippen LogP contribution >= 0.6 is 11.6 Å². The predicted octanol–water partition coefficient (Wildman–Crippen LogP) is 1.30. The fraction of sp³-hybridized carbons (Fsp3) is 0.300. The summed E-state index contributed by atoms with van der Waals surface area (Å²) in [4.78, 5) is 17.7. The fourth-order valence-electron chi connectivity index (χ4n) is 1.13. The van der Waals surface area contributed by atoms with Crippen LogP contribution in [-0.2, 0) is 4.84 Å². The van der Waals surface area contributed by atoms with E-state index >= 15 is 0 Å². The number of amides is 1. The predicted molar refractivity (Wildman–Crippen MR) is 58.6 cm³/mol. The average Bonchev–Trinajstić information content (AvgIpc) is 2.25. The molecule has 0 fully saturated rings. The normalized spacial score (nSPS) is 10.1. The number of halogens is 1. The molecular formula is C10H13ClN2O2. The molecule has 0 aliphatic carbocycles. The Balaban J connectivity index is 2.72. The van der Waals surface area contributed by atoms with Gasteiger partial charge >= 0.3 is 0 Å². The quantitative estimate of drug-likeness (QED) is 0.791. The molecule has 1 amide bonds. The van der Waals surface area contributed by atoms with Gasteiger partial charge in [0.2, 0.25) is 0 Å². The van der Waals surface area contributed by atoms with E-state index in [1.54, 1.807) is 31.3 Å². The van der Waals surface area contributed by atoms with Crippen molar-refractivity contribution in [3.05, 3.63) is 34.9 Å². The van der Waals surface area contributed by atoms with Crippen LogP contribution in [0, 0.1) is 0 Å². The van der Waals surface area contributed by atoms with Crippen molar-refractivity contribution in [2.45, 2.75) is 0 Å². The third kappa shape index (κ3) is 3.20. The van der Waals surface area contributed by atoms with Crippen LogP contribution in [0.3, 0.4) is 0 Å². The molecular weight excluding hydrogens is 216 g/mol. The lowest BCUT2D eigenvalue weighted by atomic mass is 10.2. The molecule has 0 aliphatic heterocycles. The summed E-state index contributed by atoms with van der Waals surface area (Å²) in [5.41, 5.74) is 0.485. The number of carbonyl (C=O) groups excluding carboxylic acids is 1. The number of benzene rings is 1. The van der Waals surface area contributed by atoms with Gasteiger partial charge in [-0.15, -0.1) is 0 Å². The summed E-state index contributed by atoms with van der Waals surface area (Å²) in [6.07, 6.45) is 0. The molecule has 0 saturated heterocycles. The van der Waals surface area contributed by atoms with Crippen molar-refractivity contribution in [3.63, 3.8) is 0 Å². The third-order valence-corrected chi connectivity index (χ3v) is 2.33. The molecule has 2 N–H and O–H groups in total. The minimum Gasteiger partial charge on any atom is -0.339 e. The van der Waals surface area contributed by atoms with Crippen molar-refractivity contribution in [2.24, 2.45) is 5.90 Å². The van der Waals surface area contributed by atoms with Gasteiger partial charge in [-0.1, -0.05) is 23.7 Å². The first-order valence-corrected chi connectivity index (χ1v) is 4.86. The Morgan fingerprint density at radius 2 is 2.20 bits per heavy atom. The second kappa shape index (κ2) is 5.70. The van der Waals surface area contributed by atoms with Crippen LogP contribution in [0.1, 0.15) is 10.4 Å². The minimum absolute atomic E-state index is 0.141. The van der Waals surface area contributed by atoms with Gasteiger partial charge in [0, 0.05) is 13.6 Å². The molecule has 0 aromatic heterocycles. The molecule has 82 valence electrons. The molecule has 1 rings (SSSR count). The largest absolute Gasteiger partial charge is 0.339 e. The summed E-state index contributed by atoms with van der Waals surface area (Å²) in [7, 11) is 1.67. The summed E-state index contributed by atoms with van der Waals surface area (Å²) in [5.74, 6) is 4.74. The van der Waals surface area contributed by atoms with E-state index in [0.717, 1.165) is 0 Å². The number of nitrogens with two attached hydrogens (primary N) is 1. The highest BCUT2D eigenvalue weighted by atomic mass is 35.5. The molecule has 0 spiro atoms. The zero-order valence-electron chi connectivity index (χ0n) is 8.44. The van der Waals surface area contributed by atoms with E-state index in [1.807, 2.05) is 0 Å². The van der Waals surface area contributed by atoms with E-state index in [4.69, 9.17) is 17.5 Å². The van der Waals surface area contributed by atoms with E-state index < -0.39 is 0 Å². The number of carbonyl (C=O) groups is 1. The second-order valence-corrected chi connectivity index (χ2v) is 3.48. The van der Waals surface area contributed by atoms with E-state index in [1.165, 1.54) is 4.90 Å². The number of hydrogen-bond donors (Lipinski definition) is 1. The Hall–Kier alpha value is -1.10. The molecule has 0 heterocycles. The Bertz CT molecular complexity index is 344. The van der Waals surface area contributed by atoms with Crippen molar-refractivity contribution in [2.75, 3.05) is 20.2 Å². The molecule has 1 aromatic rings. The van der Waals surface area contributed by atoms with Gasteiger partial charge in [0.25, 0.3) is 5.91 Å². The number of nitrogens with zero attached hydrogens (tertiary/aromatic N) is 1. The van der Waals surface area contributed by atoms with Gasteiger partial charge in [-0.05, 0) is 12.1 Å². The molecule has 5 heteroatoms. The van der Waals surface area contributed by atoms with E-state index in [9.17, 15) is 4.79 Å². The van der Waals surface area contributed by atoms with Crippen molar-refractivity contribution in [1.82, 2.24) is 4.90 Å². The summed E-state index contributed by atoms with van der Waals surface area (Å²) >= 11 is 5.89. The fourth-order valence-corrected chi connectivity index (χ4v) is 1.35. The number of likely N-dealkylation sites (N-methyl/N-ethyl adjacent to an activating group) is 1. The zero-order chi connectivity index (χ0) is 11.3. The van der Waals surface area contributed by atoms with Crippen LogP contribution < -0.4 is 5.90 Å². The SMILES string of the molecule is CN(CCON)C(=O)c1ccccc1Cl. The highest BCUT2D eigenvalue weighted by Gasteiger charge is 2.13. The standard InChI is InChI=1S/C10H13ClN2O2/c1-13(6-7-15-12)10(14)8-4-2-3-5-9(8)11/h2-5H,6-7,12H2,1H3. The maximum atomic E-state index is 11.8. The molecule has 0 bridgehead atoms. The molecule has 0 radical (unpaired) electrons. The summed E-state index contributed by atoms with van der Waals surface area (Å²) in [6.45, 7) is 0.729. The monoisotopic (exact) mass is 228 g/mol. The van der Waals surface area contributed by atoms with Gasteiger partial charge in [-0.2, -0.15) is 0 Å². The van der Waals surface area contributed by atoms with Crippen molar-refractivity contribution >= 4 is 17.5 Å². The first kappa shape index (κ1) is 12.0.